The van der Waals surface area contributed by atoms with Gasteiger partial charge in [0.15, 0.2) is 0 Å². The number of rotatable bonds is 7. The largest absolute Gasteiger partial charge is 0.375 e. The summed E-state index contributed by atoms with van der Waals surface area (Å²) in [5, 5.41) is 4.52. The van der Waals surface area contributed by atoms with Gasteiger partial charge < -0.3 is 19.9 Å². The highest BCUT2D eigenvalue weighted by molar-refractivity contribution is 5.95. The van der Waals surface area contributed by atoms with E-state index in [9.17, 15) is 13.6 Å². The maximum Gasteiger partial charge on any atom is 0.322 e. The molecule has 3 aromatic rings. The van der Waals surface area contributed by atoms with Crippen LogP contribution in [0, 0.1) is 0 Å². The minimum atomic E-state index is -2.94. The average Bonchev–Trinajstić information content (AvgIpc) is 2.77. The van der Waals surface area contributed by atoms with Gasteiger partial charge in [-0.1, -0.05) is 13.8 Å². The van der Waals surface area contributed by atoms with E-state index in [0.717, 1.165) is 58.6 Å². The molecule has 2 aromatic carbocycles. The highest BCUT2D eigenvalue weighted by Crippen LogP contribution is 2.30. The number of unbranched alkanes of at least 4 members (excludes halogenated alkanes) is 1. The molecule has 0 radical (unpaired) electrons. The normalized spacial score (nSPS) is 10.7. The van der Waals surface area contributed by atoms with Crippen molar-refractivity contribution in [2.45, 2.75) is 39.7 Å². The fraction of sp³-hybridized carbons (Fsp3) is 0.440. The first-order valence-corrected chi connectivity index (χ1v) is 10.9. The lowest BCUT2D eigenvalue weighted by Gasteiger charge is -2.26. The fourth-order valence-corrected chi connectivity index (χ4v) is 3.03. The number of carbonyl (C=O) groups excluding carboxylic acids is 1. The van der Waals surface area contributed by atoms with Gasteiger partial charge in [0.1, 0.15) is 6.29 Å². The molecule has 0 fully saturated rings. The van der Waals surface area contributed by atoms with E-state index in [2.05, 4.69) is 15.2 Å². The molecule has 32 heavy (non-hydrogen) atoms. The second-order valence-electron chi connectivity index (χ2n) is 7.37. The molecule has 1 N–H and O–H groups in total. The second kappa shape index (κ2) is 12.9. The standard InChI is InChI=1S/C21H23F2N3O.C2H7N.C2H6/c1-21(22,23)26(3)18-7-9-20-16(14-18)12-15-13-17(6-8-19(15)24-20)25(2)10-4-5-11-27;1-3-2;1-2/h6-9,11-14H,4-5,10H2,1-3H3;3H,1-2H3;1-2H3. The molecule has 0 amide bonds. The molecule has 1 heterocycles. The van der Waals surface area contributed by atoms with E-state index in [1.165, 1.54) is 7.05 Å². The number of hydrogen-bond acceptors (Lipinski definition) is 5. The summed E-state index contributed by atoms with van der Waals surface area (Å²) in [6.07, 6.45) is 2.27. The van der Waals surface area contributed by atoms with Crippen molar-refractivity contribution in [1.82, 2.24) is 10.3 Å². The maximum atomic E-state index is 13.6. The lowest BCUT2D eigenvalue weighted by atomic mass is 10.1. The van der Waals surface area contributed by atoms with Crippen LogP contribution in [0.15, 0.2) is 42.5 Å². The quantitative estimate of drug-likeness (QED) is 0.218. The number of carbonyl (C=O) groups is 1. The van der Waals surface area contributed by atoms with Gasteiger partial charge in [0.2, 0.25) is 0 Å². The van der Waals surface area contributed by atoms with E-state index in [4.69, 9.17) is 0 Å². The molecule has 0 aliphatic carbocycles. The molecule has 0 spiro atoms. The summed E-state index contributed by atoms with van der Waals surface area (Å²) in [5.74, 6) is 0. The van der Waals surface area contributed by atoms with Gasteiger partial charge in [-0.05, 0) is 63.0 Å². The molecule has 0 unspecified atom stereocenters. The molecule has 0 saturated carbocycles. The number of pyridine rings is 1. The molecule has 0 aliphatic rings. The first kappa shape index (κ1) is 27.2. The molecule has 0 saturated heterocycles. The highest BCUT2D eigenvalue weighted by Gasteiger charge is 2.27. The smallest absolute Gasteiger partial charge is 0.322 e. The van der Waals surface area contributed by atoms with Crippen LogP contribution in [0.2, 0.25) is 0 Å². The van der Waals surface area contributed by atoms with Crippen LogP contribution in [0.1, 0.15) is 33.6 Å². The first-order chi connectivity index (χ1) is 15.2. The number of fused-ring (bicyclic) bond motifs is 2. The number of benzene rings is 2. The van der Waals surface area contributed by atoms with Crippen LogP contribution in [0.25, 0.3) is 21.8 Å². The maximum absolute atomic E-state index is 13.6. The van der Waals surface area contributed by atoms with Gasteiger partial charge in [-0.25, -0.2) is 4.98 Å². The van der Waals surface area contributed by atoms with E-state index in [1.54, 1.807) is 18.2 Å². The Kier molecular flexibility index (Phi) is 11.0. The van der Waals surface area contributed by atoms with Crippen LogP contribution in [-0.4, -0.2) is 52.1 Å². The summed E-state index contributed by atoms with van der Waals surface area (Å²) in [4.78, 5) is 18.2. The van der Waals surface area contributed by atoms with Crippen LogP contribution >= 0.6 is 0 Å². The van der Waals surface area contributed by atoms with Gasteiger partial charge in [-0.3, -0.25) is 0 Å². The Morgan fingerprint density at radius 2 is 1.47 bits per heavy atom. The number of anilines is 2. The third-order valence-corrected chi connectivity index (χ3v) is 4.81. The minimum absolute atomic E-state index is 0.443. The van der Waals surface area contributed by atoms with Crippen molar-refractivity contribution in [1.29, 1.82) is 0 Å². The van der Waals surface area contributed by atoms with Crippen LogP contribution in [0.3, 0.4) is 0 Å². The van der Waals surface area contributed by atoms with Crippen LogP contribution in [0.5, 0.6) is 0 Å². The zero-order valence-electron chi connectivity index (χ0n) is 20.2. The highest BCUT2D eigenvalue weighted by atomic mass is 19.3. The summed E-state index contributed by atoms with van der Waals surface area (Å²) in [7, 11) is 7.11. The number of nitrogens with one attached hydrogen (secondary N) is 1. The van der Waals surface area contributed by atoms with Gasteiger partial charge >= 0.3 is 6.05 Å². The molecule has 0 atom stereocenters. The van der Waals surface area contributed by atoms with Gasteiger partial charge in [-0.2, -0.15) is 8.78 Å². The van der Waals surface area contributed by atoms with Crippen molar-refractivity contribution in [2.24, 2.45) is 0 Å². The molecule has 176 valence electrons. The number of halogens is 2. The van der Waals surface area contributed by atoms with Crippen LogP contribution in [-0.2, 0) is 4.79 Å². The SMILES string of the molecule is CC.CN(CCCC=O)c1ccc2nc3ccc(N(C)C(C)(F)F)cc3cc2c1.CNC. The van der Waals surface area contributed by atoms with Gasteiger partial charge in [0.05, 0.1) is 11.0 Å². The van der Waals surface area contributed by atoms with Crippen LogP contribution < -0.4 is 15.1 Å². The van der Waals surface area contributed by atoms with Crippen molar-refractivity contribution in [3.63, 3.8) is 0 Å². The van der Waals surface area contributed by atoms with Crippen molar-refractivity contribution in [3.8, 4) is 0 Å². The summed E-state index contributed by atoms with van der Waals surface area (Å²) < 4.78 is 27.2. The molecule has 1 aromatic heterocycles. The van der Waals surface area contributed by atoms with E-state index >= 15 is 0 Å². The molecule has 0 bridgehead atoms. The third-order valence-electron chi connectivity index (χ3n) is 4.81. The van der Waals surface area contributed by atoms with Gasteiger partial charge in [0, 0.05) is 56.1 Å². The number of alkyl halides is 2. The Morgan fingerprint density at radius 3 is 1.97 bits per heavy atom. The zero-order chi connectivity index (χ0) is 24.3. The Balaban J connectivity index is 0.000000944. The number of hydrogen-bond donors (Lipinski definition) is 1. The molecule has 7 heteroatoms. The number of aldehydes is 1. The van der Waals surface area contributed by atoms with Crippen molar-refractivity contribution in [2.75, 3.05) is 44.5 Å². The molecule has 5 nitrogen and oxygen atoms in total. The Morgan fingerprint density at radius 1 is 0.969 bits per heavy atom. The molecule has 3 rings (SSSR count). The van der Waals surface area contributed by atoms with Gasteiger partial charge in [-0.15, -0.1) is 0 Å². The van der Waals surface area contributed by atoms with Crippen LogP contribution in [0.4, 0.5) is 20.2 Å². The number of nitrogens with zero attached hydrogens (tertiary/aromatic N) is 3. The fourth-order valence-electron chi connectivity index (χ4n) is 3.03. The monoisotopic (exact) mass is 446 g/mol. The molecule has 0 aliphatic heterocycles. The zero-order valence-corrected chi connectivity index (χ0v) is 20.2. The van der Waals surface area contributed by atoms with Gasteiger partial charge in [0.25, 0.3) is 0 Å². The van der Waals surface area contributed by atoms with Crippen molar-refractivity contribution < 1.29 is 13.6 Å². The second-order valence-corrected chi connectivity index (χ2v) is 7.37. The Labute approximate surface area is 190 Å². The third kappa shape index (κ3) is 7.41. The van der Waals surface area contributed by atoms with Crippen molar-refractivity contribution >= 4 is 39.5 Å². The average molecular weight is 447 g/mol. The lowest BCUT2D eigenvalue weighted by Crippen LogP contribution is -2.35. The molecular weight excluding hydrogens is 410 g/mol. The summed E-state index contributed by atoms with van der Waals surface area (Å²) in [5.41, 5.74) is 3.10. The predicted molar refractivity (Wildman–Crippen MR) is 133 cm³/mol. The topological polar surface area (TPSA) is 48.5 Å². The first-order valence-electron chi connectivity index (χ1n) is 10.9. The van der Waals surface area contributed by atoms with E-state index < -0.39 is 6.05 Å². The van der Waals surface area contributed by atoms with E-state index in [1.807, 2.05) is 59.3 Å². The summed E-state index contributed by atoms with van der Waals surface area (Å²) in [6, 6.07) is 10.2. The number of aromatic nitrogens is 1. The molecular formula is C25H36F2N4O. The lowest BCUT2D eigenvalue weighted by molar-refractivity contribution is -0.107. The predicted octanol–water partition coefficient (Wildman–Crippen LogP) is 5.71. The van der Waals surface area contributed by atoms with Crippen molar-refractivity contribution in [3.05, 3.63) is 42.5 Å². The summed E-state index contributed by atoms with van der Waals surface area (Å²) >= 11 is 0. The van der Waals surface area contributed by atoms with E-state index in [-0.39, 0.29) is 0 Å². The Bertz CT molecular complexity index is 989. The Hall–Kier alpha value is -2.80. The van der Waals surface area contributed by atoms with E-state index in [0.29, 0.717) is 12.1 Å². The minimum Gasteiger partial charge on any atom is -0.375 e. The summed E-state index contributed by atoms with van der Waals surface area (Å²) in [6.45, 7) is 5.66.